The van der Waals surface area contributed by atoms with E-state index in [2.05, 4.69) is 27.8 Å². The molecule has 21 heavy (non-hydrogen) atoms. The van der Waals surface area contributed by atoms with Gasteiger partial charge in [-0.05, 0) is 25.3 Å². The summed E-state index contributed by atoms with van der Waals surface area (Å²) in [6.07, 6.45) is 3.71. The molecular formula is C16H20N4O. The minimum atomic E-state index is -0.109. The molecule has 0 saturated carbocycles. The normalized spacial score (nSPS) is 14.9. The summed E-state index contributed by atoms with van der Waals surface area (Å²) >= 11 is 0. The zero-order valence-electron chi connectivity index (χ0n) is 12.2. The van der Waals surface area contributed by atoms with E-state index in [-0.39, 0.29) is 11.9 Å². The molecule has 1 aliphatic heterocycles. The molecule has 0 saturated heterocycles. The Kier molecular flexibility index (Phi) is 3.90. The van der Waals surface area contributed by atoms with Crippen LogP contribution in [-0.2, 0) is 13.0 Å². The Morgan fingerprint density at radius 3 is 3.00 bits per heavy atom. The van der Waals surface area contributed by atoms with Crippen LogP contribution in [0.25, 0.3) is 0 Å². The van der Waals surface area contributed by atoms with Gasteiger partial charge in [0.05, 0.1) is 0 Å². The molecule has 0 spiro atoms. The number of hydrogen-bond acceptors (Lipinski definition) is 3. The number of amides is 1. The van der Waals surface area contributed by atoms with E-state index in [4.69, 9.17) is 0 Å². The first kappa shape index (κ1) is 13.7. The molecule has 1 unspecified atom stereocenters. The molecule has 0 radical (unpaired) electrons. The second-order valence-corrected chi connectivity index (χ2v) is 5.49. The predicted molar refractivity (Wildman–Crippen MR) is 82.4 cm³/mol. The summed E-state index contributed by atoms with van der Waals surface area (Å²) in [5.41, 5.74) is 1.70. The fourth-order valence-corrected chi connectivity index (χ4v) is 2.60. The molecule has 1 aromatic carbocycles. The highest BCUT2D eigenvalue weighted by atomic mass is 16.2. The summed E-state index contributed by atoms with van der Waals surface area (Å²) in [6.45, 7) is 3.85. The van der Waals surface area contributed by atoms with E-state index in [1.807, 2.05) is 35.9 Å². The molecule has 1 atom stereocenters. The van der Waals surface area contributed by atoms with Crippen molar-refractivity contribution in [3.05, 3.63) is 47.8 Å². The molecule has 1 aromatic heterocycles. The monoisotopic (exact) mass is 284 g/mol. The summed E-state index contributed by atoms with van der Waals surface area (Å²) in [6, 6.07) is 10.2. The fourth-order valence-electron chi connectivity index (χ4n) is 2.60. The van der Waals surface area contributed by atoms with Gasteiger partial charge in [0.25, 0.3) is 5.91 Å². The molecule has 1 aliphatic rings. The highest BCUT2D eigenvalue weighted by molar-refractivity contribution is 5.92. The predicted octanol–water partition coefficient (Wildman–Crippen LogP) is 2.06. The summed E-state index contributed by atoms with van der Waals surface area (Å²) in [4.78, 5) is 16.6. The molecule has 2 heterocycles. The average Bonchev–Trinajstić information content (AvgIpc) is 2.92. The van der Waals surface area contributed by atoms with Crippen LogP contribution in [0, 0.1) is 0 Å². The van der Waals surface area contributed by atoms with Crippen LogP contribution in [0.3, 0.4) is 0 Å². The SMILES string of the molecule is CC(Cc1ccccc1)NC(=O)c1cn2c(n1)NCCC2. The maximum atomic E-state index is 12.2. The molecule has 0 fully saturated rings. The van der Waals surface area contributed by atoms with Gasteiger partial charge in [-0.25, -0.2) is 4.98 Å². The highest BCUT2D eigenvalue weighted by Crippen LogP contribution is 2.14. The molecular weight excluding hydrogens is 264 g/mol. The second kappa shape index (κ2) is 5.99. The third kappa shape index (κ3) is 3.24. The van der Waals surface area contributed by atoms with Crippen molar-refractivity contribution < 1.29 is 4.79 Å². The van der Waals surface area contributed by atoms with Crippen molar-refractivity contribution in [2.45, 2.75) is 32.4 Å². The molecule has 110 valence electrons. The molecule has 3 rings (SSSR count). The highest BCUT2D eigenvalue weighted by Gasteiger charge is 2.17. The van der Waals surface area contributed by atoms with Crippen molar-refractivity contribution >= 4 is 11.9 Å². The molecule has 0 bridgehead atoms. The van der Waals surface area contributed by atoms with E-state index in [0.717, 1.165) is 31.9 Å². The summed E-state index contributed by atoms with van der Waals surface area (Å²) in [5.74, 6) is 0.684. The largest absolute Gasteiger partial charge is 0.356 e. The topological polar surface area (TPSA) is 59.0 Å². The first-order chi connectivity index (χ1) is 10.2. The zero-order valence-corrected chi connectivity index (χ0v) is 12.2. The summed E-state index contributed by atoms with van der Waals surface area (Å²) < 4.78 is 2.00. The van der Waals surface area contributed by atoms with Crippen LogP contribution >= 0.6 is 0 Å². The maximum Gasteiger partial charge on any atom is 0.271 e. The van der Waals surface area contributed by atoms with Gasteiger partial charge in [0.1, 0.15) is 5.69 Å². The van der Waals surface area contributed by atoms with Crippen molar-refractivity contribution in [3.8, 4) is 0 Å². The molecule has 2 N–H and O–H groups in total. The van der Waals surface area contributed by atoms with Gasteiger partial charge in [-0.2, -0.15) is 0 Å². The number of benzene rings is 1. The fraction of sp³-hybridized carbons (Fsp3) is 0.375. The number of anilines is 1. The van der Waals surface area contributed by atoms with E-state index >= 15 is 0 Å². The van der Waals surface area contributed by atoms with Crippen molar-refractivity contribution in [3.63, 3.8) is 0 Å². The number of carbonyl (C=O) groups excluding carboxylic acids is 1. The lowest BCUT2D eigenvalue weighted by atomic mass is 10.1. The molecule has 5 nitrogen and oxygen atoms in total. The Labute approximate surface area is 124 Å². The third-order valence-corrected chi connectivity index (χ3v) is 3.63. The van der Waals surface area contributed by atoms with E-state index in [9.17, 15) is 4.79 Å². The van der Waals surface area contributed by atoms with Gasteiger partial charge in [0.15, 0.2) is 0 Å². The number of rotatable bonds is 4. The Morgan fingerprint density at radius 1 is 1.43 bits per heavy atom. The number of fused-ring (bicyclic) bond motifs is 1. The van der Waals surface area contributed by atoms with Crippen LogP contribution in [0.15, 0.2) is 36.5 Å². The molecule has 0 aliphatic carbocycles. The Balaban J connectivity index is 1.62. The van der Waals surface area contributed by atoms with Crippen LogP contribution in [-0.4, -0.2) is 28.0 Å². The molecule has 1 amide bonds. The Bertz CT molecular complexity index is 597. The smallest absolute Gasteiger partial charge is 0.271 e. The van der Waals surface area contributed by atoms with Gasteiger partial charge in [0, 0.05) is 25.3 Å². The maximum absolute atomic E-state index is 12.2. The lowest BCUT2D eigenvalue weighted by Gasteiger charge is -2.14. The van der Waals surface area contributed by atoms with Crippen molar-refractivity contribution in [1.29, 1.82) is 0 Å². The minimum absolute atomic E-state index is 0.0755. The first-order valence-electron chi connectivity index (χ1n) is 7.38. The van der Waals surface area contributed by atoms with Gasteiger partial charge in [-0.1, -0.05) is 30.3 Å². The van der Waals surface area contributed by atoms with Crippen LogP contribution in [0.4, 0.5) is 5.95 Å². The Morgan fingerprint density at radius 2 is 2.24 bits per heavy atom. The van der Waals surface area contributed by atoms with E-state index in [1.165, 1.54) is 5.56 Å². The number of aromatic nitrogens is 2. The van der Waals surface area contributed by atoms with Gasteiger partial charge < -0.3 is 15.2 Å². The van der Waals surface area contributed by atoms with Crippen molar-refractivity contribution in [2.75, 3.05) is 11.9 Å². The van der Waals surface area contributed by atoms with Crippen LogP contribution in [0.2, 0.25) is 0 Å². The summed E-state index contributed by atoms with van der Waals surface area (Å²) in [7, 11) is 0. The quantitative estimate of drug-likeness (QED) is 0.903. The number of hydrogen-bond donors (Lipinski definition) is 2. The average molecular weight is 284 g/mol. The Hall–Kier alpha value is -2.30. The number of nitrogens with zero attached hydrogens (tertiary/aromatic N) is 2. The number of nitrogens with one attached hydrogen (secondary N) is 2. The van der Waals surface area contributed by atoms with E-state index < -0.39 is 0 Å². The van der Waals surface area contributed by atoms with Gasteiger partial charge in [0.2, 0.25) is 5.95 Å². The number of carbonyl (C=O) groups is 1. The standard InChI is InChI=1S/C16H20N4O/c1-12(10-13-6-3-2-4-7-13)18-15(21)14-11-20-9-5-8-17-16(20)19-14/h2-4,6-7,11-12H,5,8-10H2,1H3,(H,17,19)(H,18,21). The van der Waals surface area contributed by atoms with Crippen molar-refractivity contribution in [1.82, 2.24) is 14.9 Å². The minimum Gasteiger partial charge on any atom is -0.356 e. The van der Waals surface area contributed by atoms with Gasteiger partial charge in [-0.15, -0.1) is 0 Å². The zero-order chi connectivity index (χ0) is 14.7. The summed E-state index contributed by atoms with van der Waals surface area (Å²) in [5, 5.41) is 6.21. The molecule has 2 aromatic rings. The lowest BCUT2D eigenvalue weighted by Crippen LogP contribution is -2.34. The molecule has 5 heteroatoms. The van der Waals surface area contributed by atoms with E-state index in [1.54, 1.807) is 0 Å². The van der Waals surface area contributed by atoms with Crippen molar-refractivity contribution in [2.24, 2.45) is 0 Å². The van der Waals surface area contributed by atoms with E-state index in [0.29, 0.717) is 5.69 Å². The van der Waals surface area contributed by atoms with Gasteiger partial charge in [-0.3, -0.25) is 4.79 Å². The third-order valence-electron chi connectivity index (χ3n) is 3.63. The van der Waals surface area contributed by atoms with Crippen LogP contribution < -0.4 is 10.6 Å². The second-order valence-electron chi connectivity index (χ2n) is 5.49. The first-order valence-corrected chi connectivity index (χ1v) is 7.38. The van der Waals surface area contributed by atoms with Gasteiger partial charge >= 0.3 is 0 Å². The number of aryl methyl sites for hydroxylation is 1. The van der Waals surface area contributed by atoms with Crippen LogP contribution in [0.5, 0.6) is 0 Å². The lowest BCUT2D eigenvalue weighted by molar-refractivity contribution is 0.0935. The van der Waals surface area contributed by atoms with Crippen LogP contribution in [0.1, 0.15) is 29.4 Å². The number of imidazole rings is 1.